The second-order valence-electron chi connectivity index (χ2n) is 5.07. The van der Waals surface area contributed by atoms with Gasteiger partial charge in [0.25, 0.3) is 5.91 Å². The lowest BCUT2D eigenvalue weighted by Crippen LogP contribution is -2.70. The number of primary amides is 1. The molecule has 9 nitrogen and oxygen atoms in total. The topological polar surface area (TPSA) is 146 Å². The molecule has 2 aromatic rings. The Morgan fingerprint density at radius 1 is 1.36 bits per heavy atom. The van der Waals surface area contributed by atoms with Crippen LogP contribution in [0.25, 0.3) is 11.3 Å². The van der Waals surface area contributed by atoms with Gasteiger partial charge in [0.15, 0.2) is 0 Å². The number of aromatic nitrogens is 1. The predicted octanol–water partition coefficient (Wildman–Crippen LogP) is 0.760. The first kappa shape index (κ1) is 18.8. The molecule has 0 saturated heterocycles. The third kappa shape index (κ3) is 4.97. The Balaban J connectivity index is 2.15. The van der Waals surface area contributed by atoms with Crippen LogP contribution in [0, 0.1) is 5.21 Å². The summed E-state index contributed by atoms with van der Waals surface area (Å²) in [7, 11) is 1.58. The number of anilines is 1. The number of nitrogens with two attached hydrogens (primary N) is 2. The van der Waals surface area contributed by atoms with Crippen molar-refractivity contribution in [2.24, 2.45) is 5.73 Å². The minimum Gasteiger partial charge on any atom is -0.630 e. The molecule has 134 valence electrons. The molecular formula is C15H19N5O4S. The van der Waals surface area contributed by atoms with Gasteiger partial charge in [0.2, 0.25) is 0 Å². The number of nitrogens with zero attached hydrogens (tertiary/aromatic N) is 1. The molecule has 10 heteroatoms. The number of hydrogen-bond donors (Lipinski definition) is 4. The predicted molar refractivity (Wildman–Crippen MR) is 94.5 cm³/mol. The van der Waals surface area contributed by atoms with Crippen molar-refractivity contribution in [3.63, 3.8) is 0 Å². The van der Waals surface area contributed by atoms with Crippen molar-refractivity contribution in [1.29, 1.82) is 0 Å². The average Bonchev–Trinajstić information content (AvgIpc) is 3.02. The van der Waals surface area contributed by atoms with Crippen LogP contribution in [0.1, 0.15) is 16.8 Å². The number of benzene rings is 1. The van der Waals surface area contributed by atoms with E-state index in [1.807, 2.05) is 0 Å². The zero-order valence-corrected chi connectivity index (χ0v) is 14.4. The van der Waals surface area contributed by atoms with Gasteiger partial charge in [-0.2, -0.15) is 4.37 Å². The number of urea groups is 1. The van der Waals surface area contributed by atoms with Gasteiger partial charge in [0.1, 0.15) is 16.3 Å². The summed E-state index contributed by atoms with van der Waals surface area (Å²) >= 11 is 0.964. The van der Waals surface area contributed by atoms with Gasteiger partial charge in [0.05, 0.1) is 5.69 Å². The van der Waals surface area contributed by atoms with Gasteiger partial charge in [-0.05, 0) is 42.2 Å². The van der Waals surface area contributed by atoms with Crippen LogP contribution in [0.3, 0.4) is 0 Å². The maximum Gasteiger partial charge on any atom is 0.319 e. The Morgan fingerprint density at radius 3 is 2.68 bits per heavy atom. The second kappa shape index (κ2) is 9.08. The first-order chi connectivity index (χ1) is 12.1. The summed E-state index contributed by atoms with van der Waals surface area (Å²) in [6.45, 7) is 0.971. The zero-order chi connectivity index (χ0) is 18.2. The molecule has 0 unspecified atom stereocenters. The fourth-order valence-corrected chi connectivity index (χ4v) is 2.89. The van der Waals surface area contributed by atoms with Gasteiger partial charge < -0.3 is 26.5 Å². The van der Waals surface area contributed by atoms with E-state index in [1.54, 1.807) is 31.4 Å². The number of hydrogen-bond acceptors (Lipinski definition) is 6. The van der Waals surface area contributed by atoms with Crippen LogP contribution in [0.15, 0.2) is 24.3 Å². The Hall–Kier alpha value is -2.53. The molecule has 2 rings (SSSR count). The summed E-state index contributed by atoms with van der Waals surface area (Å²) < 4.78 is 9.11. The highest BCUT2D eigenvalue weighted by Crippen LogP contribution is 2.32. The summed E-state index contributed by atoms with van der Waals surface area (Å²) in [6, 6.07) is 6.11. The van der Waals surface area contributed by atoms with E-state index in [9.17, 15) is 14.8 Å². The molecule has 6 N–H and O–H groups in total. The Labute approximate surface area is 148 Å². The lowest BCUT2D eigenvalue weighted by atomic mass is 10.1. The fraction of sp³-hybridized carbons (Fsp3) is 0.267. The van der Waals surface area contributed by atoms with Crippen molar-refractivity contribution >= 4 is 34.2 Å². The van der Waals surface area contributed by atoms with Crippen LogP contribution in [-0.2, 0) is 4.74 Å². The zero-order valence-electron chi connectivity index (χ0n) is 13.6. The van der Waals surface area contributed by atoms with E-state index in [1.165, 1.54) is 0 Å². The smallest absolute Gasteiger partial charge is 0.319 e. The molecule has 0 atom stereocenters. The first-order valence-electron chi connectivity index (χ1n) is 7.45. The highest BCUT2D eigenvalue weighted by atomic mass is 32.1. The lowest BCUT2D eigenvalue weighted by molar-refractivity contribution is -0.497. The molecule has 1 aromatic heterocycles. The van der Waals surface area contributed by atoms with Crippen molar-refractivity contribution in [2.75, 3.05) is 25.6 Å². The molecule has 0 spiro atoms. The lowest BCUT2D eigenvalue weighted by Gasteiger charge is -2.07. The quantitative estimate of drug-likeness (QED) is 0.310. The number of rotatable bonds is 8. The maximum atomic E-state index is 11.9. The van der Waals surface area contributed by atoms with Gasteiger partial charge >= 0.3 is 6.03 Å². The van der Waals surface area contributed by atoms with Gasteiger partial charge in [-0.15, -0.1) is 0 Å². The average molecular weight is 365 g/mol. The molecular weight excluding hydrogens is 346 g/mol. The van der Waals surface area contributed by atoms with Crippen molar-refractivity contribution in [1.82, 2.24) is 9.69 Å². The third-order valence-electron chi connectivity index (χ3n) is 3.30. The number of methoxy groups -OCH3 is 1. The number of nitrogens with one attached hydrogen (secondary N) is 2. The minimum absolute atomic E-state index is 0.135. The van der Waals surface area contributed by atoms with Crippen molar-refractivity contribution < 1.29 is 19.8 Å². The molecule has 0 radical (unpaired) electrons. The summed E-state index contributed by atoms with van der Waals surface area (Å²) in [4.78, 5) is 23.7. The molecule has 0 bridgehead atoms. The highest BCUT2D eigenvalue weighted by molar-refractivity contribution is 7.11. The van der Waals surface area contributed by atoms with Gasteiger partial charge in [-0.25, -0.2) is 4.79 Å². The van der Waals surface area contributed by atoms with Crippen molar-refractivity contribution in [3.05, 3.63) is 35.0 Å². The Morgan fingerprint density at radius 2 is 2.08 bits per heavy atom. The number of carbonyl (C=O) groups is 2. The number of amides is 3. The second-order valence-corrected chi connectivity index (χ2v) is 5.84. The standard InChI is InChI=1S/C15H19N5O4S/c1-24-8-2-7-17-15(22)18-14-11(13(16)21)12(20-25-14)9-3-5-10(19-23)6-4-9/h3-6H,2,7-8,19H2,1H3,(H2,16,21)(H2,17,18,22). The summed E-state index contributed by atoms with van der Waals surface area (Å²) in [5, 5.41) is 16.2. The Kier molecular flexibility index (Phi) is 6.83. The van der Waals surface area contributed by atoms with Crippen LogP contribution in [0.5, 0.6) is 0 Å². The molecule has 1 aromatic carbocycles. The van der Waals surface area contributed by atoms with Gasteiger partial charge in [-0.3, -0.25) is 10.1 Å². The molecule has 0 saturated carbocycles. The van der Waals surface area contributed by atoms with Crippen LogP contribution < -0.4 is 21.8 Å². The van der Waals surface area contributed by atoms with Crippen LogP contribution in [0.4, 0.5) is 15.5 Å². The molecule has 25 heavy (non-hydrogen) atoms. The van der Waals surface area contributed by atoms with Gasteiger partial charge in [-0.1, -0.05) is 0 Å². The van der Waals surface area contributed by atoms with Crippen molar-refractivity contribution in [2.45, 2.75) is 6.42 Å². The minimum atomic E-state index is -0.696. The van der Waals surface area contributed by atoms with Crippen LogP contribution in [0.2, 0.25) is 0 Å². The van der Waals surface area contributed by atoms with Gasteiger partial charge in [0, 0.05) is 25.8 Å². The van der Waals surface area contributed by atoms with E-state index < -0.39 is 11.9 Å². The van der Waals surface area contributed by atoms with E-state index >= 15 is 0 Å². The molecule has 3 amide bonds. The van der Waals surface area contributed by atoms with E-state index in [-0.39, 0.29) is 10.6 Å². The third-order valence-corrected chi connectivity index (χ3v) is 4.06. The molecule has 1 heterocycles. The number of carbonyl (C=O) groups excluding carboxylic acids is 2. The van der Waals surface area contributed by atoms with E-state index in [2.05, 4.69) is 15.0 Å². The molecule has 0 aliphatic carbocycles. The maximum absolute atomic E-state index is 11.9. The number of ether oxygens (including phenoxy) is 1. The molecule has 0 aliphatic rings. The first-order valence-corrected chi connectivity index (χ1v) is 8.23. The normalized spacial score (nSPS) is 10.5. The largest absolute Gasteiger partial charge is 0.630 e. The number of quaternary nitrogens is 1. The monoisotopic (exact) mass is 365 g/mol. The van der Waals surface area contributed by atoms with Crippen molar-refractivity contribution in [3.8, 4) is 11.3 Å². The Bertz CT molecular complexity index is 732. The summed E-state index contributed by atoms with van der Waals surface area (Å²) in [6.07, 6.45) is 0.670. The van der Waals surface area contributed by atoms with E-state index in [4.69, 9.17) is 10.5 Å². The summed E-state index contributed by atoms with van der Waals surface area (Å²) in [5.74, 6) is -0.696. The van der Waals surface area contributed by atoms with Crippen LogP contribution in [-0.4, -0.2) is 36.6 Å². The highest BCUT2D eigenvalue weighted by Gasteiger charge is 2.21. The fourth-order valence-electron chi connectivity index (χ4n) is 2.09. The van der Waals surface area contributed by atoms with Crippen LogP contribution >= 0.6 is 11.5 Å². The molecule has 0 fully saturated rings. The molecule has 0 aliphatic heterocycles. The van der Waals surface area contributed by atoms with E-state index in [0.29, 0.717) is 36.5 Å². The SMILES string of the molecule is COCCCNC(=O)Nc1snc(-c2ccc([NH2+][O-])cc2)c1C(N)=O. The summed E-state index contributed by atoms with van der Waals surface area (Å²) in [5.41, 5.74) is 7.81. The van der Waals surface area contributed by atoms with E-state index in [0.717, 1.165) is 17.0 Å².